The summed E-state index contributed by atoms with van der Waals surface area (Å²) in [4.78, 5) is 0. The fourth-order valence-corrected chi connectivity index (χ4v) is 3.46. The molecule has 0 bridgehead atoms. The van der Waals surface area contributed by atoms with Crippen LogP contribution in [0.25, 0.3) is 0 Å². The molecule has 1 aliphatic rings. The average molecular weight is 310 g/mol. The standard InChI is InChI=1S/C17H21ClFNO/c1-11(2)12-5-7-17(10-20,8-6-12)16(21)13-3-4-15(19)14(18)9-13/h3-4,9,11-12,16,21H,5-8H2,1-2H3. The van der Waals surface area contributed by atoms with Crippen molar-refractivity contribution in [3.8, 4) is 6.07 Å². The van der Waals surface area contributed by atoms with Crippen molar-refractivity contribution in [3.05, 3.63) is 34.6 Å². The molecule has 0 radical (unpaired) electrons. The molecule has 0 amide bonds. The van der Waals surface area contributed by atoms with Crippen molar-refractivity contribution in [2.45, 2.75) is 45.6 Å². The van der Waals surface area contributed by atoms with E-state index in [1.807, 2.05) is 0 Å². The van der Waals surface area contributed by atoms with Gasteiger partial charge in [-0.1, -0.05) is 31.5 Å². The fourth-order valence-electron chi connectivity index (χ4n) is 3.27. The van der Waals surface area contributed by atoms with Crippen LogP contribution in [0.5, 0.6) is 0 Å². The second kappa shape index (κ2) is 6.34. The molecule has 0 heterocycles. The summed E-state index contributed by atoms with van der Waals surface area (Å²) < 4.78 is 13.2. The Kier molecular flexibility index (Phi) is 4.91. The molecule has 4 heteroatoms. The van der Waals surface area contributed by atoms with E-state index in [1.165, 1.54) is 18.2 Å². The van der Waals surface area contributed by atoms with E-state index in [0.29, 0.717) is 30.2 Å². The molecule has 2 rings (SSSR count). The lowest BCUT2D eigenvalue weighted by Gasteiger charge is -2.39. The smallest absolute Gasteiger partial charge is 0.141 e. The van der Waals surface area contributed by atoms with Gasteiger partial charge in [0, 0.05) is 0 Å². The number of benzene rings is 1. The minimum atomic E-state index is -0.922. The Hall–Kier alpha value is -1.11. The molecule has 1 aromatic rings. The Morgan fingerprint density at radius 1 is 1.38 bits per heavy atom. The summed E-state index contributed by atoms with van der Waals surface area (Å²) in [5, 5.41) is 20.2. The molecule has 1 N–H and O–H groups in total. The summed E-state index contributed by atoms with van der Waals surface area (Å²) in [6, 6.07) is 6.50. The van der Waals surface area contributed by atoms with Crippen LogP contribution in [0.4, 0.5) is 4.39 Å². The molecule has 1 saturated carbocycles. The Labute approximate surface area is 130 Å². The monoisotopic (exact) mass is 309 g/mol. The van der Waals surface area contributed by atoms with Gasteiger partial charge in [0.1, 0.15) is 5.82 Å². The number of rotatable bonds is 3. The molecule has 0 spiro atoms. The fraction of sp³-hybridized carbons (Fsp3) is 0.588. The van der Waals surface area contributed by atoms with Crippen molar-refractivity contribution in [3.63, 3.8) is 0 Å². The number of hydrogen-bond donors (Lipinski definition) is 1. The third-order valence-corrected chi connectivity index (χ3v) is 5.16. The van der Waals surface area contributed by atoms with E-state index >= 15 is 0 Å². The first-order valence-electron chi connectivity index (χ1n) is 7.44. The van der Waals surface area contributed by atoms with Crippen molar-refractivity contribution in [2.24, 2.45) is 17.3 Å². The second-order valence-electron chi connectivity index (χ2n) is 6.43. The molecule has 1 aliphatic carbocycles. The number of aliphatic hydroxyl groups excluding tert-OH is 1. The van der Waals surface area contributed by atoms with Crippen LogP contribution in [0.15, 0.2) is 18.2 Å². The van der Waals surface area contributed by atoms with Crippen molar-refractivity contribution in [1.29, 1.82) is 5.26 Å². The topological polar surface area (TPSA) is 44.0 Å². The predicted octanol–water partition coefficient (Wildman–Crippen LogP) is 4.87. The van der Waals surface area contributed by atoms with Gasteiger partial charge in [0.25, 0.3) is 0 Å². The minimum Gasteiger partial charge on any atom is -0.387 e. The summed E-state index contributed by atoms with van der Waals surface area (Å²) in [5.74, 6) is 0.691. The first-order chi connectivity index (χ1) is 9.89. The van der Waals surface area contributed by atoms with E-state index in [1.54, 1.807) is 0 Å². The molecular weight excluding hydrogens is 289 g/mol. The lowest BCUT2D eigenvalue weighted by atomic mass is 9.65. The third-order valence-electron chi connectivity index (χ3n) is 4.87. The van der Waals surface area contributed by atoms with Crippen molar-refractivity contribution >= 4 is 11.6 Å². The van der Waals surface area contributed by atoms with E-state index in [0.717, 1.165) is 12.8 Å². The van der Waals surface area contributed by atoms with Gasteiger partial charge >= 0.3 is 0 Å². The van der Waals surface area contributed by atoms with Gasteiger partial charge in [-0.2, -0.15) is 5.26 Å². The summed E-state index contributed by atoms with van der Waals surface area (Å²) in [6.45, 7) is 4.39. The molecule has 21 heavy (non-hydrogen) atoms. The Bertz CT molecular complexity index is 544. The number of halogens is 2. The van der Waals surface area contributed by atoms with Crippen molar-refractivity contribution in [1.82, 2.24) is 0 Å². The Morgan fingerprint density at radius 2 is 2.00 bits per heavy atom. The SMILES string of the molecule is CC(C)C1CCC(C#N)(C(O)c2ccc(F)c(Cl)c2)CC1. The maximum atomic E-state index is 13.2. The van der Waals surface area contributed by atoms with E-state index < -0.39 is 17.3 Å². The molecule has 0 aromatic heterocycles. The van der Waals surface area contributed by atoms with Crippen LogP contribution >= 0.6 is 11.6 Å². The van der Waals surface area contributed by atoms with Crippen LogP contribution in [-0.2, 0) is 0 Å². The molecule has 0 saturated heterocycles. The number of hydrogen-bond acceptors (Lipinski definition) is 2. The summed E-state index contributed by atoms with van der Waals surface area (Å²) in [6.07, 6.45) is 2.30. The summed E-state index contributed by atoms with van der Waals surface area (Å²) in [5.41, 5.74) is -0.266. The maximum absolute atomic E-state index is 13.2. The molecule has 1 unspecified atom stereocenters. The van der Waals surface area contributed by atoms with E-state index in [4.69, 9.17) is 11.6 Å². The van der Waals surface area contributed by atoms with Crippen LogP contribution < -0.4 is 0 Å². The summed E-state index contributed by atoms with van der Waals surface area (Å²) in [7, 11) is 0. The highest BCUT2D eigenvalue weighted by Crippen LogP contribution is 2.48. The Balaban J connectivity index is 2.21. The van der Waals surface area contributed by atoms with Gasteiger partial charge in [-0.05, 0) is 55.2 Å². The van der Waals surface area contributed by atoms with E-state index in [2.05, 4.69) is 19.9 Å². The highest BCUT2D eigenvalue weighted by molar-refractivity contribution is 6.30. The average Bonchev–Trinajstić information content (AvgIpc) is 2.49. The number of nitriles is 1. The Morgan fingerprint density at radius 3 is 2.48 bits per heavy atom. The normalized spacial score (nSPS) is 27.4. The van der Waals surface area contributed by atoms with Gasteiger partial charge in [0.05, 0.1) is 22.6 Å². The van der Waals surface area contributed by atoms with Crippen LogP contribution in [0.2, 0.25) is 5.02 Å². The van der Waals surface area contributed by atoms with Crippen LogP contribution in [-0.4, -0.2) is 5.11 Å². The molecule has 2 nitrogen and oxygen atoms in total. The van der Waals surface area contributed by atoms with E-state index in [-0.39, 0.29) is 5.02 Å². The lowest BCUT2D eigenvalue weighted by molar-refractivity contribution is 0.0190. The highest BCUT2D eigenvalue weighted by atomic mass is 35.5. The van der Waals surface area contributed by atoms with Crippen LogP contribution in [0, 0.1) is 34.4 Å². The molecule has 1 aromatic carbocycles. The molecule has 114 valence electrons. The van der Waals surface area contributed by atoms with Crippen molar-refractivity contribution in [2.75, 3.05) is 0 Å². The molecule has 1 atom stereocenters. The molecule has 0 aliphatic heterocycles. The first-order valence-corrected chi connectivity index (χ1v) is 7.81. The van der Waals surface area contributed by atoms with Gasteiger partial charge in [0.15, 0.2) is 0 Å². The lowest BCUT2D eigenvalue weighted by Crippen LogP contribution is -2.33. The zero-order valence-electron chi connectivity index (χ0n) is 12.4. The largest absolute Gasteiger partial charge is 0.387 e. The quantitative estimate of drug-likeness (QED) is 0.865. The molecular formula is C17H21ClFNO. The predicted molar refractivity (Wildman–Crippen MR) is 81.2 cm³/mol. The van der Waals surface area contributed by atoms with Gasteiger partial charge in [-0.3, -0.25) is 0 Å². The third kappa shape index (κ3) is 3.22. The number of aliphatic hydroxyl groups is 1. The second-order valence-corrected chi connectivity index (χ2v) is 6.83. The zero-order chi connectivity index (χ0) is 15.6. The highest BCUT2D eigenvalue weighted by Gasteiger charge is 2.43. The van der Waals surface area contributed by atoms with Crippen molar-refractivity contribution < 1.29 is 9.50 Å². The molecule has 1 fully saturated rings. The number of nitrogens with zero attached hydrogens (tertiary/aromatic N) is 1. The zero-order valence-corrected chi connectivity index (χ0v) is 13.2. The minimum absolute atomic E-state index is 0.0180. The van der Waals surface area contributed by atoms with Gasteiger partial charge in [0.2, 0.25) is 0 Å². The first kappa shape index (κ1) is 16.3. The summed E-state index contributed by atoms with van der Waals surface area (Å²) >= 11 is 5.78. The maximum Gasteiger partial charge on any atom is 0.141 e. The van der Waals surface area contributed by atoms with E-state index in [9.17, 15) is 14.8 Å². The van der Waals surface area contributed by atoms with Gasteiger partial charge in [-0.15, -0.1) is 0 Å². The van der Waals surface area contributed by atoms with Crippen LogP contribution in [0.1, 0.15) is 51.2 Å². The van der Waals surface area contributed by atoms with Gasteiger partial charge in [-0.25, -0.2) is 4.39 Å². The van der Waals surface area contributed by atoms with Crippen LogP contribution in [0.3, 0.4) is 0 Å². The van der Waals surface area contributed by atoms with Gasteiger partial charge < -0.3 is 5.11 Å².